The minimum absolute atomic E-state index is 0.150. The summed E-state index contributed by atoms with van der Waals surface area (Å²) in [5.74, 6) is -0.460. The van der Waals surface area contributed by atoms with Crippen LogP contribution in [0.3, 0.4) is 0 Å². The van der Waals surface area contributed by atoms with Crippen molar-refractivity contribution in [1.82, 2.24) is 13.9 Å². The van der Waals surface area contributed by atoms with Crippen LogP contribution in [-0.2, 0) is 31.4 Å². The van der Waals surface area contributed by atoms with Gasteiger partial charge in [-0.05, 0) is 49.6 Å². The fourth-order valence-corrected chi connectivity index (χ4v) is 5.70. The van der Waals surface area contributed by atoms with E-state index in [9.17, 15) is 21.6 Å². The van der Waals surface area contributed by atoms with Crippen molar-refractivity contribution in [2.75, 3.05) is 27.7 Å². The van der Waals surface area contributed by atoms with Crippen LogP contribution in [0.25, 0.3) is 0 Å². The van der Waals surface area contributed by atoms with E-state index in [1.165, 1.54) is 33.3 Å². The van der Waals surface area contributed by atoms with E-state index in [4.69, 9.17) is 0 Å². The maximum absolute atomic E-state index is 13.0. The third-order valence-corrected chi connectivity index (χ3v) is 8.77. The average molecular weight is 468 g/mol. The molecule has 0 heterocycles. The molecule has 8 nitrogen and oxygen atoms in total. The smallest absolute Gasteiger partial charge is 0.243 e. The molecular weight excluding hydrogens is 438 g/mol. The number of carbonyl (C=O) groups excluding carboxylic acids is 1. The van der Waals surface area contributed by atoms with Crippen molar-refractivity contribution in [2.45, 2.75) is 37.1 Å². The monoisotopic (exact) mass is 467 g/mol. The number of nitrogens with one attached hydrogen (secondary N) is 1. The van der Waals surface area contributed by atoms with Crippen molar-refractivity contribution in [2.24, 2.45) is 0 Å². The van der Waals surface area contributed by atoms with Crippen LogP contribution in [-0.4, -0.2) is 59.0 Å². The second kappa shape index (κ2) is 9.47. The molecule has 0 aliphatic rings. The van der Waals surface area contributed by atoms with E-state index in [-0.39, 0.29) is 22.9 Å². The molecule has 0 radical (unpaired) electrons. The SMILES string of the molecule is Cc1cc(C)c(S(=O)(=O)N(C)CC(=O)NCc2ccc(S(=O)(=O)N(C)C)cc2)c(C)c1. The summed E-state index contributed by atoms with van der Waals surface area (Å²) in [6.45, 7) is 5.19. The molecule has 0 aliphatic heterocycles. The second-order valence-electron chi connectivity index (χ2n) is 7.70. The van der Waals surface area contributed by atoms with Crippen LogP contribution in [0.2, 0.25) is 0 Å². The van der Waals surface area contributed by atoms with Crippen molar-refractivity contribution in [3.05, 3.63) is 58.7 Å². The number of sulfonamides is 2. The normalized spacial score (nSPS) is 12.4. The molecule has 0 aromatic heterocycles. The van der Waals surface area contributed by atoms with Crippen LogP contribution in [0.15, 0.2) is 46.2 Å². The average Bonchev–Trinajstić information content (AvgIpc) is 2.65. The summed E-state index contributed by atoms with van der Waals surface area (Å²) in [5, 5.41) is 2.67. The number of amides is 1. The third kappa shape index (κ3) is 5.70. The molecule has 1 amide bonds. The molecule has 0 saturated carbocycles. The summed E-state index contributed by atoms with van der Waals surface area (Å²) < 4.78 is 52.3. The zero-order valence-electron chi connectivity index (χ0n) is 18.6. The zero-order valence-corrected chi connectivity index (χ0v) is 20.3. The number of aryl methyl sites for hydroxylation is 3. The molecule has 31 heavy (non-hydrogen) atoms. The predicted molar refractivity (Wildman–Crippen MR) is 120 cm³/mol. The Labute approximate surface area is 185 Å². The summed E-state index contributed by atoms with van der Waals surface area (Å²) in [6.07, 6.45) is 0. The number of hydrogen-bond donors (Lipinski definition) is 1. The van der Waals surface area contributed by atoms with Crippen molar-refractivity contribution in [3.8, 4) is 0 Å². The molecular formula is C21H29N3O5S2. The lowest BCUT2D eigenvalue weighted by molar-refractivity contribution is -0.121. The van der Waals surface area contributed by atoms with E-state index in [1.54, 1.807) is 38.1 Å². The molecule has 1 N–H and O–H groups in total. The molecule has 2 aromatic carbocycles. The number of nitrogens with zero attached hydrogens (tertiary/aromatic N) is 2. The molecule has 2 rings (SSSR count). The summed E-state index contributed by atoms with van der Waals surface area (Å²) in [4.78, 5) is 12.7. The Morgan fingerprint density at radius 2 is 1.39 bits per heavy atom. The maximum atomic E-state index is 13.0. The summed E-state index contributed by atoms with van der Waals surface area (Å²) in [7, 11) is -3.07. The molecule has 0 fully saturated rings. The molecule has 170 valence electrons. The first kappa shape index (κ1) is 25.0. The van der Waals surface area contributed by atoms with Gasteiger partial charge in [-0.3, -0.25) is 4.79 Å². The second-order valence-corrected chi connectivity index (χ2v) is 11.8. The highest BCUT2D eigenvalue weighted by molar-refractivity contribution is 7.89. The number of rotatable bonds is 8. The van der Waals surface area contributed by atoms with E-state index in [0.29, 0.717) is 16.7 Å². The topological polar surface area (TPSA) is 104 Å². The molecule has 0 spiro atoms. The van der Waals surface area contributed by atoms with Gasteiger partial charge in [0.05, 0.1) is 16.3 Å². The number of hydrogen-bond acceptors (Lipinski definition) is 5. The summed E-state index contributed by atoms with van der Waals surface area (Å²) in [5.41, 5.74) is 2.94. The van der Waals surface area contributed by atoms with Gasteiger partial charge < -0.3 is 5.32 Å². The van der Waals surface area contributed by atoms with Crippen LogP contribution in [0, 0.1) is 20.8 Å². The molecule has 10 heteroatoms. The van der Waals surface area contributed by atoms with E-state index in [0.717, 1.165) is 14.2 Å². The first-order chi connectivity index (χ1) is 14.3. The van der Waals surface area contributed by atoms with Crippen molar-refractivity contribution >= 4 is 26.0 Å². The fourth-order valence-electron chi connectivity index (χ4n) is 3.26. The van der Waals surface area contributed by atoms with Gasteiger partial charge in [0.1, 0.15) is 0 Å². The van der Waals surface area contributed by atoms with Crippen molar-refractivity contribution < 1.29 is 21.6 Å². The Morgan fingerprint density at radius 3 is 1.87 bits per heavy atom. The molecule has 0 atom stereocenters. The largest absolute Gasteiger partial charge is 0.351 e. The highest BCUT2D eigenvalue weighted by Crippen LogP contribution is 2.24. The summed E-state index contributed by atoms with van der Waals surface area (Å²) >= 11 is 0. The van der Waals surface area contributed by atoms with Crippen LogP contribution in [0.5, 0.6) is 0 Å². The lowest BCUT2D eigenvalue weighted by Gasteiger charge is -2.20. The van der Waals surface area contributed by atoms with Crippen molar-refractivity contribution in [3.63, 3.8) is 0 Å². The molecule has 0 saturated heterocycles. The molecule has 0 aliphatic carbocycles. The van der Waals surface area contributed by atoms with E-state index in [2.05, 4.69) is 5.32 Å². The Hall–Kier alpha value is -2.27. The predicted octanol–water partition coefficient (Wildman–Crippen LogP) is 1.80. The zero-order chi connectivity index (χ0) is 23.6. The van der Waals surface area contributed by atoms with Crippen LogP contribution in [0.4, 0.5) is 0 Å². The Morgan fingerprint density at radius 1 is 0.871 bits per heavy atom. The summed E-state index contributed by atoms with van der Waals surface area (Å²) in [6, 6.07) is 9.75. The third-order valence-electron chi connectivity index (χ3n) is 4.83. The van der Waals surface area contributed by atoms with Gasteiger partial charge >= 0.3 is 0 Å². The lowest BCUT2D eigenvalue weighted by atomic mass is 10.1. The highest BCUT2D eigenvalue weighted by Gasteiger charge is 2.26. The van der Waals surface area contributed by atoms with Crippen LogP contribution >= 0.6 is 0 Å². The molecule has 2 aromatic rings. The van der Waals surface area contributed by atoms with Crippen LogP contribution in [0.1, 0.15) is 22.3 Å². The number of carbonyl (C=O) groups is 1. The molecule has 0 bridgehead atoms. The Bertz CT molecular complexity index is 1150. The van der Waals surface area contributed by atoms with Gasteiger partial charge in [-0.15, -0.1) is 0 Å². The Balaban J connectivity index is 2.05. The van der Waals surface area contributed by atoms with Gasteiger partial charge in [0.25, 0.3) is 0 Å². The van der Waals surface area contributed by atoms with Crippen molar-refractivity contribution in [1.29, 1.82) is 0 Å². The lowest BCUT2D eigenvalue weighted by Crippen LogP contribution is -2.38. The minimum atomic E-state index is -3.82. The molecule has 0 unspecified atom stereocenters. The van der Waals surface area contributed by atoms with Gasteiger partial charge in [0.2, 0.25) is 26.0 Å². The van der Waals surface area contributed by atoms with Gasteiger partial charge in [-0.1, -0.05) is 29.8 Å². The van der Waals surface area contributed by atoms with Gasteiger partial charge in [0, 0.05) is 27.7 Å². The van der Waals surface area contributed by atoms with Gasteiger partial charge in [-0.25, -0.2) is 21.1 Å². The highest BCUT2D eigenvalue weighted by atomic mass is 32.2. The van der Waals surface area contributed by atoms with Gasteiger partial charge in [-0.2, -0.15) is 4.31 Å². The first-order valence-corrected chi connectivity index (χ1v) is 12.5. The number of benzene rings is 2. The Kier molecular flexibility index (Phi) is 7.64. The minimum Gasteiger partial charge on any atom is -0.351 e. The fraction of sp³-hybridized carbons (Fsp3) is 0.381. The van der Waals surface area contributed by atoms with Gasteiger partial charge in [0.15, 0.2) is 0 Å². The maximum Gasteiger partial charge on any atom is 0.243 e. The van der Waals surface area contributed by atoms with E-state index in [1.807, 2.05) is 6.92 Å². The van der Waals surface area contributed by atoms with Crippen LogP contribution < -0.4 is 5.32 Å². The van der Waals surface area contributed by atoms with E-state index >= 15 is 0 Å². The first-order valence-electron chi connectivity index (χ1n) is 9.59. The standard InChI is InChI=1S/C21H29N3O5S2/c1-15-11-16(2)21(17(3)12-15)31(28,29)24(6)14-20(25)22-13-18-7-9-19(10-8-18)30(26,27)23(4)5/h7-12H,13-14H2,1-6H3,(H,22,25). The quantitative estimate of drug-likeness (QED) is 0.638. The number of likely N-dealkylation sites (N-methyl/N-ethyl adjacent to an activating group) is 1. The van der Waals surface area contributed by atoms with E-state index < -0.39 is 26.0 Å².